The van der Waals surface area contributed by atoms with Crippen molar-refractivity contribution < 1.29 is 9.15 Å². The highest BCUT2D eigenvalue weighted by atomic mass is 127. The average Bonchev–Trinajstić information content (AvgIpc) is 2.88. The predicted octanol–water partition coefficient (Wildman–Crippen LogP) is 2.38. The number of halogens is 1. The molecule has 0 unspecified atom stereocenters. The predicted molar refractivity (Wildman–Crippen MR) is 88.1 cm³/mol. The van der Waals surface area contributed by atoms with Crippen molar-refractivity contribution >= 4 is 29.9 Å². The van der Waals surface area contributed by atoms with Gasteiger partial charge in [-0.2, -0.15) is 0 Å². The van der Waals surface area contributed by atoms with Gasteiger partial charge in [0.2, 0.25) is 0 Å². The van der Waals surface area contributed by atoms with E-state index < -0.39 is 0 Å². The SMILES string of the molecule is CCNC(=NCc1ccco1)NCCCOCC.I. The monoisotopic (exact) mass is 381 g/mol. The molecule has 0 aliphatic rings. The fourth-order valence-electron chi connectivity index (χ4n) is 1.43. The molecule has 2 N–H and O–H groups in total. The van der Waals surface area contributed by atoms with Crippen molar-refractivity contribution in [1.29, 1.82) is 0 Å². The van der Waals surface area contributed by atoms with E-state index in [4.69, 9.17) is 9.15 Å². The van der Waals surface area contributed by atoms with Crippen LogP contribution in [0.3, 0.4) is 0 Å². The van der Waals surface area contributed by atoms with E-state index in [1.807, 2.05) is 26.0 Å². The van der Waals surface area contributed by atoms with Crippen LogP contribution in [0.5, 0.6) is 0 Å². The molecule has 0 amide bonds. The molecule has 0 aliphatic heterocycles. The van der Waals surface area contributed by atoms with Crippen LogP contribution in [0.4, 0.5) is 0 Å². The Bertz CT molecular complexity index is 329. The molecule has 1 aromatic heterocycles. The summed E-state index contributed by atoms with van der Waals surface area (Å²) < 4.78 is 10.5. The molecule has 1 aromatic rings. The van der Waals surface area contributed by atoms with Gasteiger partial charge in [-0.1, -0.05) is 0 Å². The molecule has 0 spiro atoms. The first kappa shape index (κ1) is 18.2. The van der Waals surface area contributed by atoms with Gasteiger partial charge in [0.05, 0.1) is 6.26 Å². The average molecular weight is 381 g/mol. The number of rotatable bonds is 8. The van der Waals surface area contributed by atoms with Crippen molar-refractivity contribution in [1.82, 2.24) is 10.6 Å². The van der Waals surface area contributed by atoms with E-state index in [1.165, 1.54) is 0 Å². The smallest absolute Gasteiger partial charge is 0.191 e. The largest absolute Gasteiger partial charge is 0.467 e. The van der Waals surface area contributed by atoms with E-state index in [0.29, 0.717) is 6.54 Å². The Labute approximate surface area is 132 Å². The molecule has 0 bridgehead atoms. The topological polar surface area (TPSA) is 58.8 Å². The van der Waals surface area contributed by atoms with Gasteiger partial charge in [0.25, 0.3) is 0 Å². The Morgan fingerprint density at radius 1 is 1.37 bits per heavy atom. The standard InChI is InChI=1S/C13H23N3O2.HI/c1-3-14-13(15-8-6-9-17-4-2)16-11-12-7-5-10-18-12;/h5,7,10H,3-4,6,8-9,11H2,1-2H3,(H2,14,15,16);1H. The third-order valence-electron chi connectivity index (χ3n) is 2.28. The van der Waals surface area contributed by atoms with Crippen molar-refractivity contribution in [3.05, 3.63) is 24.2 Å². The lowest BCUT2D eigenvalue weighted by Crippen LogP contribution is -2.38. The first-order valence-electron chi connectivity index (χ1n) is 6.49. The molecule has 6 heteroatoms. The number of hydrogen-bond donors (Lipinski definition) is 2. The zero-order chi connectivity index (χ0) is 13.1. The van der Waals surface area contributed by atoms with Crippen molar-refractivity contribution in [2.45, 2.75) is 26.8 Å². The molecule has 0 saturated carbocycles. The zero-order valence-electron chi connectivity index (χ0n) is 11.6. The van der Waals surface area contributed by atoms with E-state index in [-0.39, 0.29) is 24.0 Å². The molecule has 0 saturated heterocycles. The molecular formula is C13H24IN3O2. The summed E-state index contributed by atoms with van der Waals surface area (Å²) >= 11 is 0. The van der Waals surface area contributed by atoms with Gasteiger partial charge in [-0.25, -0.2) is 4.99 Å². The minimum absolute atomic E-state index is 0. The number of hydrogen-bond acceptors (Lipinski definition) is 3. The van der Waals surface area contributed by atoms with Crippen LogP contribution in [0.25, 0.3) is 0 Å². The number of nitrogens with zero attached hydrogens (tertiary/aromatic N) is 1. The summed E-state index contributed by atoms with van der Waals surface area (Å²) in [6, 6.07) is 3.79. The first-order valence-corrected chi connectivity index (χ1v) is 6.49. The van der Waals surface area contributed by atoms with Crippen molar-refractivity contribution in [3.63, 3.8) is 0 Å². The fraction of sp³-hybridized carbons (Fsp3) is 0.615. The molecule has 1 heterocycles. The van der Waals surface area contributed by atoms with Crippen molar-refractivity contribution in [2.75, 3.05) is 26.3 Å². The number of aliphatic imine (C=N–C) groups is 1. The van der Waals surface area contributed by atoms with E-state index in [2.05, 4.69) is 15.6 Å². The molecule has 19 heavy (non-hydrogen) atoms. The van der Waals surface area contributed by atoms with Gasteiger partial charge < -0.3 is 19.8 Å². The van der Waals surface area contributed by atoms with Gasteiger partial charge in [0.15, 0.2) is 5.96 Å². The Balaban J connectivity index is 0.00000324. The van der Waals surface area contributed by atoms with Gasteiger partial charge in [0.1, 0.15) is 12.3 Å². The second-order valence-electron chi connectivity index (χ2n) is 3.75. The maximum atomic E-state index is 5.28. The summed E-state index contributed by atoms with van der Waals surface area (Å²) in [5.41, 5.74) is 0. The molecule has 0 atom stereocenters. The van der Waals surface area contributed by atoms with Crippen LogP contribution in [0.1, 0.15) is 26.0 Å². The Kier molecular flexibility index (Phi) is 11.8. The zero-order valence-corrected chi connectivity index (χ0v) is 14.0. The summed E-state index contributed by atoms with van der Waals surface area (Å²) in [7, 11) is 0. The second kappa shape index (κ2) is 12.3. The highest BCUT2D eigenvalue weighted by Crippen LogP contribution is 2.00. The molecule has 0 fully saturated rings. The first-order chi connectivity index (χ1) is 8.86. The number of ether oxygens (including phenoxy) is 1. The summed E-state index contributed by atoms with van der Waals surface area (Å²) in [5, 5.41) is 6.45. The minimum atomic E-state index is 0. The van der Waals surface area contributed by atoms with Gasteiger partial charge in [-0.3, -0.25) is 0 Å². The third kappa shape index (κ3) is 8.88. The highest BCUT2D eigenvalue weighted by Gasteiger charge is 1.98. The van der Waals surface area contributed by atoms with Crippen LogP contribution in [0.2, 0.25) is 0 Å². The van der Waals surface area contributed by atoms with Crippen LogP contribution in [0.15, 0.2) is 27.8 Å². The third-order valence-corrected chi connectivity index (χ3v) is 2.28. The van der Waals surface area contributed by atoms with Crippen LogP contribution < -0.4 is 10.6 Å². The lowest BCUT2D eigenvalue weighted by Gasteiger charge is -2.10. The summed E-state index contributed by atoms with van der Waals surface area (Å²) in [5.74, 6) is 1.67. The molecule has 0 aromatic carbocycles. The van der Waals surface area contributed by atoms with Crippen LogP contribution >= 0.6 is 24.0 Å². The molecule has 0 radical (unpaired) electrons. The Morgan fingerprint density at radius 2 is 2.21 bits per heavy atom. The van der Waals surface area contributed by atoms with Crippen LogP contribution in [0, 0.1) is 0 Å². The molecular weight excluding hydrogens is 357 g/mol. The van der Waals surface area contributed by atoms with Gasteiger partial charge >= 0.3 is 0 Å². The maximum Gasteiger partial charge on any atom is 0.191 e. The Hall–Kier alpha value is -0.760. The van der Waals surface area contributed by atoms with E-state index in [9.17, 15) is 0 Å². The molecule has 1 rings (SSSR count). The van der Waals surface area contributed by atoms with Crippen molar-refractivity contribution in [3.8, 4) is 0 Å². The molecule has 0 aliphatic carbocycles. The van der Waals surface area contributed by atoms with E-state index in [0.717, 1.165) is 44.4 Å². The van der Waals surface area contributed by atoms with Gasteiger partial charge in [-0.05, 0) is 32.4 Å². The van der Waals surface area contributed by atoms with E-state index in [1.54, 1.807) is 6.26 Å². The summed E-state index contributed by atoms with van der Waals surface area (Å²) in [4.78, 5) is 4.43. The lowest BCUT2D eigenvalue weighted by molar-refractivity contribution is 0.145. The number of furan rings is 1. The van der Waals surface area contributed by atoms with Crippen LogP contribution in [-0.4, -0.2) is 32.3 Å². The second-order valence-corrected chi connectivity index (χ2v) is 3.75. The summed E-state index contributed by atoms with van der Waals surface area (Å²) in [6.45, 7) is 7.84. The lowest BCUT2D eigenvalue weighted by atomic mass is 10.4. The molecule has 5 nitrogen and oxygen atoms in total. The van der Waals surface area contributed by atoms with Gasteiger partial charge in [-0.15, -0.1) is 24.0 Å². The minimum Gasteiger partial charge on any atom is -0.467 e. The Morgan fingerprint density at radius 3 is 2.84 bits per heavy atom. The quantitative estimate of drug-likeness (QED) is 0.314. The molecule has 110 valence electrons. The number of guanidine groups is 1. The number of nitrogens with one attached hydrogen (secondary N) is 2. The maximum absolute atomic E-state index is 5.28. The summed E-state index contributed by atoms with van der Waals surface area (Å²) in [6.07, 6.45) is 2.63. The highest BCUT2D eigenvalue weighted by molar-refractivity contribution is 14.0. The normalized spacial score (nSPS) is 10.9. The van der Waals surface area contributed by atoms with Crippen LogP contribution in [-0.2, 0) is 11.3 Å². The van der Waals surface area contributed by atoms with E-state index >= 15 is 0 Å². The fourth-order valence-corrected chi connectivity index (χ4v) is 1.43. The van der Waals surface area contributed by atoms with Crippen molar-refractivity contribution in [2.24, 2.45) is 4.99 Å². The van der Waals surface area contributed by atoms with Gasteiger partial charge in [0, 0.05) is 26.3 Å².